The number of rotatable bonds is 9. The van der Waals surface area contributed by atoms with E-state index in [1.54, 1.807) is 4.90 Å². The molecule has 7 nitrogen and oxygen atoms in total. The Hall–Kier alpha value is -1.96. The number of hydrogen-bond acceptors (Lipinski definition) is 5. The third-order valence-corrected chi connectivity index (χ3v) is 6.58. The lowest BCUT2D eigenvalue weighted by atomic mass is 9.79. The number of amides is 2. The van der Waals surface area contributed by atoms with E-state index in [1.807, 2.05) is 31.3 Å². The van der Waals surface area contributed by atoms with Gasteiger partial charge in [-0.1, -0.05) is 44.4 Å². The smallest absolute Gasteiger partial charge is 0.238 e. The van der Waals surface area contributed by atoms with Crippen molar-refractivity contribution >= 4 is 17.5 Å². The first-order chi connectivity index (χ1) is 15.0. The maximum Gasteiger partial charge on any atom is 0.238 e. The lowest BCUT2D eigenvalue weighted by molar-refractivity contribution is -0.124. The SMILES string of the molecule is CCc1ccccc1NC(=O)CN(C)CC(=O)NCC1(N2CCOCC2)CCCCC1. The molecule has 172 valence electrons. The summed E-state index contributed by atoms with van der Waals surface area (Å²) in [6.45, 7) is 6.56. The second-order valence-electron chi connectivity index (χ2n) is 8.89. The van der Waals surface area contributed by atoms with Crippen LogP contribution >= 0.6 is 0 Å². The van der Waals surface area contributed by atoms with Crippen LogP contribution in [0.1, 0.15) is 44.6 Å². The van der Waals surface area contributed by atoms with Gasteiger partial charge in [-0.05, 0) is 37.9 Å². The van der Waals surface area contributed by atoms with Crippen LogP contribution in [-0.2, 0) is 20.7 Å². The van der Waals surface area contributed by atoms with Gasteiger partial charge in [-0.3, -0.25) is 19.4 Å². The van der Waals surface area contributed by atoms with Crippen molar-refractivity contribution in [3.05, 3.63) is 29.8 Å². The quantitative estimate of drug-likeness (QED) is 0.629. The number of anilines is 1. The standard InChI is InChI=1S/C24H38N4O3/c1-3-20-9-5-6-10-21(20)26-23(30)18-27(2)17-22(29)25-19-24(11-7-4-8-12-24)28-13-15-31-16-14-28/h5-6,9-10H,3-4,7-8,11-19H2,1-2H3,(H,25,29)(H,26,30). The van der Waals surface area contributed by atoms with Gasteiger partial charge in [0, 0.05) is 30.9 Å². The van der Waals surface area contributed by atoms with Crippen molar-refractivity contribution in [3.63, 3.8) is 0 Å². The van der Waals surface area contributed by atoms with Crippen LogP contribution in [0.4, 0.5) is 5.69 Å². The number of carbonyl (C=O) groups excluding carboxylic acids is 2. The fraction of sp³-hybridized carbons (Fsp3) is 0.667. The van der Waals surface area contributed by atoms with Gasteiger partial charge in [0.15, 0.2) is 0 Å². The number of hydrogen-bond donors (Lipinski definition) is 2. The first-order valence-electron chi connectivity index (χ1n) is 11.7. The zero-order valence-corrected chi connectivity index (χ0v) is 19.1. The van der Waals surface area contributed by atoms with Crippen molar-refractivity contribution in [3.8, 4) is 0 Å². The third kappa shape index (κ3) is 6.76. The molecule has 1 aliphatic carbocycles. The Morgan fingerprint density at radius 3 is 2.45 bits per heavy atom. The first kappa shape index (κ1) is 23.7. The van der Waals surface area contributed by atoms with E-state index in [4.69, 9.17) is 4.74 Å². The molecule has 1 aromatic carbocycles. The monoisotopic (exact) mass is 430 g/mol. The minimum atomic E-state index is -0.103. The van der Waals surface area contributed by atoms with Crippen LogP contribution in [0.15, 0.2) is 24.3 Å². The summed E-state index contributed by atoms with van der Waals surface area (Å²) in [7, 11) is 1.81. The number of carbonyl (C=O) groups is 2. The van der Waals surface area contributed by atoms with E-state index in [-0.39, 0.29) is 30.4 Å². The molecule has 0 bridgehead atoms. The highest BCUT2D eigenvalue weighted by atomic mass is 16.5. The molecule has 1 aromatic rings. The second-order valence-corrected chi connectivity index (χ2v) is 8.89. The highest BCUT2D eigenvalue weighted by Crippen LogP contribution is 2.33. The summed E-state index contributed by atoms with van der Waals surface area (Å²) in [5, 5.41) is 6.14. The van der Waals surface area contributed by atoms with Crippen molar-refractivity contribution in [1.82, 2.24) is 15.1 Å². The minimum Gasteiger partial charge on any atom is -0.379 e. The topological polar surface area (TPSA) is 73.9 Å². The molecule has 2 fully saturated rings. The van der Waals surface area contributed by atoms with E-state index in [1.165, 1.54) is 19.3 Å². The van der Waals surface area contributed by atoms with Gasteiger partial charge in [-0.2, -0.15) is 0 Å². The van der Waals surface area contributed by atoms with E-state index in [9.17, 15) is 9.59 Å². The average molecular weight is 431 g/mol. The summed E-state index contributed by atoms with van der Waals surface area (Å²) in [4.78, 5) is 29.4. The molecule has 0 spiro atoms. The Kier molecular flexibility index (Phi) is 8.87. The van der Waals surface area contributed by atoms with E-state index < -0.39 is 0 Å². The van der Waals surface area contributed by atoms with Gasteiger partial charge in [0.1, 0.15) is 0 Å². The molecule has 1 saturated carbocycles. The molecule has 2 aliphatic rings. The summed E-state index contributed by atoms with van der Waals surface area (Å²) >= 11 is 0. The maximum atomic E-state index is 12.6. The number of morpholine rings is 1. The fourth-order valence-electron chi connectivity index (χ4n) is 4.86. The molecular weight excluding hydrogens is 392 g/mol. The zero-order valence-electron chi connectivity index (χ0n) is 19.1. The Bertz CT molecular complexity index is 727. The largest absolute Gasteiger partial charge is 0.379 e. The zero-order chi connectivity index (χ0) is 22.1. The maximum absolute atomic E-state index is 12.6. The summed E-state index contributed by atoms with van der Waals surface area (Å²) in [5.74, 6) is -0.129. The average Bonchev–Trinajstić information content (AvgIpc) is 2.79. The Morgan fingerprint density at radius 1 is 1.06 bits per heavy atom. The summed E-state index contributed by atoms with van der Waals surface area (Å²) in [5.41, 5.74) is 2.01. The summed E-state index contributed by atoms with van der Waals surface area (Å²) in [6, 6.07) is 7.82. The highest BCUT2D eigenvalue weighted by Gasteiger charge is 2.38. The van der Waals surface area contributed by atoms with E-state index in [0.29, 0.717) is 6.54 Å². The van der Waals surface area contributed by atoms with E-state index in [2.05, 4.69) is 22.5 Å². The number of para-hydroxylation sites is 1. The molecule has 0 aromatic heterocycles. The van der Waals surface area contributed by atoms with Crippen molar-refractivity contribution in [1.29, 1.82) is 0 Å². The van der Waals surface area contributed by atoms with Crippen molar-refractivity contribution in [2.75, 3.05) is 58.3 Å². The molecule has 3 rings (SSSR count). The van der Waals surface area contributed by atoms with Crippen LogP contribution in [0.2, 0.25) is 0 Å². The highest BCUT2D eigenvalue weighted by molar-refractivity contribution is 5.93. The Labute approximate surface area is 186 Å². The predicted molar refractivity (Wildman–Crippen MR) is 123 cm³/mol. The van der Waals surface area contributed by atoms with Crippen molar-refractivity contribution in [2.24, 2.45) is 0 Å². The minimum absolute atomic E-state index is 0.0255. The van der Waals surface area contributed by atoms with Crippen LogP contribution in [0.5, 0.6) is 0 Å². The molecule has 2 amide bonds. The van der Waals surface area contributed by atoms with Gasteiger partial charge in [0.2, 0.25) is 11.8 Å². The molecule has 7 heteroatoms. The Balaban J connectivity index is 1.47. The molecule has 0 unspecified atom stereocenters. The molecule has 2 N–H and O–H groups in total. The molecule has 0 atom stereocenters. The van der Waals surface area contributed by atoms with Crippen molar-refractivity contribution in [2.45, 2.75) is 51.0 Å². The van der Waals surface area contributed by atoms with Crippen LogP contribution in [0.3, 0.4) is 0 Å². The fourth-order valence-corrected chi connectivity index (χ4v) is 4.86. The number of aryl methyl sites for hydroxylation is 1. The van der Waals surface area contributed by atoms with Gasteiger partial charge in [-0.25, -0.2) is 0 Å². The Morgan fingerprint density at radius 2 is 1.74 bits per heavy atom. The molecule has 1 aliphatic heterocycles. The van der Waals surface area contributed by atoms with Gasteiger partial charge in [-0.15, -0.1) is 0 Å². The number of nitrogens with one attached hydrogen (secondary N) is 2. The lowest BCUT2D eigenvalue weighted by Gasteiger charge is -2.48. The molecule has 31 heavy (non-hydrogen) atoms. The normalized spacial score (nSPS) is 19.2. The first-order valence-corrected chi connectivity index (χ1v) is 11.7. The van der Waals surface area contributed by atoms with Gasteiger partial charge in [0.25, 0.3) is 0 Å². The van der Waals surface area contributed by atoms with Gasteiger partial charge < -0.3 is 15.4 Å². The summed E-state index contributed by atoms with van der Waals surface area (Å²) in [6.07, 6.45) is 6.82. The summed E-state index contributed by atoms with van der Waals surface area (Å²) < 4.78 is 5.53. The van der Waals surface area contributed by atoms with Crippen molar-refractivity contribution < 1.29 is 14.3 Å². The molecule has 1 heterocycles. The third-order valence-electron chi connectivity index (χ3n) is 6.58. The molecular formula is C24H38N4O3. The van der Waals surface area contributed by atoms with Crippen LogP contribution < -0.4 is 10.6 Å². The number of benzene rings is 1. The lowest BCUT2D eigenvalue weighted by Crippen LogP contribution is -2.60. The van der Waals surface area contributed by atoms with Crippen LogP contribution in [-0.4, -0.2) is 80.1 Å². The molecule has 0 radical (unpaired) electrons. The van der Waals surface area contributed by atoms with E-state index in [0.717, 1.165) is 56.8 Å². The van der Waals surface area contributed by atoms with E-state index >= 15 is 0 Å². The second kappa shape index (κ2) is 11.6. The number of likely N-dealkylation sites (N-methyl/N-ethyl adjacent to an activating group) is 1. The van der Waals surface area contributed by atoms with Crippen LogP contribution in [0.25, 0.3) is 0 Å². The number of nitrogens with zero attached hydrogens (tertiary/aromatic N) is 2. The van der Waals surface area contributed by atoms with Gasteiger partial charge in [0.05, 0.1) is 26.3 Å². The predicted octanol–water partition coefficient (Wildman–Crippen LogP) is 2.27. The number of ether oxygens (including phenoxy) is 1. The van der Waals surface area contributed by atoms with Gasteiger partial charge >= 0.3 is 0 Å². The van der Waals surface area contributed by atoms with Crippen LogP contribution in [0, 0.1) is 0 Å². The molecule has 1 saturated heterocycles.